The second-order valence-electron chi connectivity index (χ2n) is 8.30. The van der Waals surface area contributed by atoms with Crippen LogP contribution in [0.15, 0.2) is 71.5 Å². The molecule has 0 aliphatic carbocycles. The Bertz CT molecular complexity index is 1320. The molecule has 4 aromatic rings. The number of rotatable bonds is 4. The van der Waals surface area contributed by atoms with Crippen molar-refractivity contribution in [1.82, 2.24) is 14.9 Å². The summed E-state index contributed by atoms with van der Waals surface area (Å²) in [4.78, 5) is 37.3. The molecule has 166 valence electrons. The summed E-state index contributed by atoms with van der Waals surface area (Å²) < 4.78 is 5.52. The van der Waals surface area contributed by atoms with Crippen LogP contribution in [-0.4, -0.2) is 39.8 Å². The van der Waals surface area contributed by atoms with Crippen molar-refractivity contribution in [2.45, 2.75) is 19.8 Å². The third-order valence-electron chi connectivity index (χ3n) is 6.05. The predicted molar refractivity (Wildman–Crippen MR) is 126 cm³/mol. The topological polar surface area (TPSA) is 88.3 Å². The number of para-hydroxylation sites is 1. The van der Waals surface area contributed by atoms with Gasteiger partial charge in [-0.1, -0.05) is 24.3 Å². The van der Waals surface area contributed by atoms with E-state index in [1.807, 2.05) is 49.4 Å². The van der Waals surface area contributed by atoms with Crippen LogP contribution >= 0.6 is 0 Å². The van der Waals surface area contributed by atoms with E-state index in [2.05, 4.69) is 15.3 Å². The number of likely N-dealkylation sites (tertiary alicyclic amines) is 1. The van der Waals surface area contributed by atoms with Gasteiger partial charge in [-0.2, -0.15) is 0 Å². The Morgan fingerprint density at radius 2 is 2.00 bits per heavy atom. The Labute approximate surface area is 191 Å². The van der Waals surface area contributed by atoms with E-state index in [0.29, 0.717) is 35.9 Å². The average molecular weight is 441 g/mol. The van der Waals surface area contributed by atoms with Gasteiger partial charge in [0.15, 0.2) is 5.76 Å². The largest absolute Gasteiger partial charge is 0.463 e. The zero-order valence-corrected chi connectivity index (χ0v) is 18.3. The zero-order chi connectivity index (χ0) is 22.8. The molecular formula is C26H24N4O3. The number of carbonyl (C=O) groups excluding carboxylic acids is 2. The van der Waals surface area contributed by atoms with Crippen LogP contribution in [-0.2, 0) is 4.79 Å². The van der Waals surface area contributed by atoms with Gasteiger partial charge in [-0.25, -0.2) is 9.97 Å². The molecule has 1 N–H and O–H groups in total. The fraction of sp³-hybridized carbons (Fsp3) is 0.231. The number of fused-ring (bicyclic) bond motifs is 1. The number of aryl methyl sites for hydroxylation is 1. The fourth-order valence-corrected chi connectivity index (χ4v) is 4.28. The van der Waals surface area contributed by atoms with Gasteiger partial charge in [-0.15, -0.1) is 0 Å². The van der Waals surface area contributed by atoms with Gasteiger partial charge in [-0.05, 0) is 55.7 Å². The number of hydrogen-bond donors (Lipinski definition) is 1. The molecular weight excluding hydrogens is 416 g/mol. The van der Waals surface area contributed by atoms with Crippen LogP contribution < -0.4 is 5.32 Å². The minimum atomic E-state index is -0.290. The maximum Gasteiger partial charge on any atom is 0.254 e. The molecule has 0 radical (unpaired) electrons. The Balaban J connectivity index is 1.41. The van der Waals surface area contributed by atoms with E-state index in [1.165, 1.54) is 0 Å². The number of hydrogen-bond acceptors (Lipinski definition) is 5. The first-order valence-corrected chi connectivity index (χ1v) is 11.1. The SMILES string of the molecule is Cc1cccnc1NC(=O)C1CCCN(C(=O)c2cc(-c3ccco3)nc3ccccc23)C1. The first kappa shape index (κ1) is 20.9. The van der Waals surface area contributed by atoms with Gasteiger partial charge in [0, 0.05) is 24.7 Å². The number of nitrogens with one attached hydrogen (secondary N) is 1. The highest BCUT2D eigenvalue weighted by molar-refractivity contribution is 6.07. The third-order valence-corrected chi connectivity index (χ3v) is 6.05. The highest BCUT2D eigenvalue weighted by atomic mass is 16.3. The van der Waals surface area contributed by atoms with Gasteiger partial charge in [0.1, 0.15) is 11.5 Å². The number of benzene rings is 1. The van der Waals surface area contributed by atoms with Crippen molar-refractivity contribution in [3.05, 3.63) is 78.2 Å². The van der Waals surface area contributed by atoms with Crippen LogP contribution in [0.2, 0.25) is 0 Å². The molecule has 2 amide bonds. The molecule has 4 heterocycles. The second kappa shape index (κ2) is 8.86. The van der Waals surface area contributed by atoms with Crippen LogP contribution in [0.25, 0.3) is 22.4 Å². The van der Waals surface area contributed by atoms with Crippen molar-refractivity contribution in [3.63, 3.8) is 0 Å². The number of piperidine rings is 1. The lowest BCUT2D eigenvalue weighted by Gasteiger charge is -2.32. The Morgan fingerprint density at radius 1 is 1.12 bits per heavy atom. The monoisotopic (exact) mass is 440 g/mol. The van der Waals surface area contributed by atoms with Crippen LogP contribution in [0.3, 0.4) is 0 Å². The lowest BCUT2D eigenvalue weighted by Crippen LogP contribution is -2.44. The van der Waals surface area contributed by atoms with E-state index in [0.717, 1.165) is 29.3 Å². The lowest BCUT2D eigenvalue weighted by molar-refractivity contribution is -0.121. The molecule has 0 saturated carbocycles. The maximum atomic E-state index is 13.6. The van der Waals surface area contributed by atoms with Crippen LogP contribution in [0.4, 0.5) is 5.82 Å². The normalized spacial score (nSPS) is 16.0. The van der Waals surface area contributed by atoms with Gasteiger partial charge in [0.05, 0.1) is 23.3 Å². The average Bonchev–Trinajstić information content (AvgIpc) is 3.39. The summed E-state index contributed by atoms with van der Waals surface area (Å²) in [6, 6.07) is 16.7. The molecule has 0 bridgehead atoms. The lowest BCUT2D eigenvalue weighted by atomic mass is 9.95. The fourth-order valence-electron chi connectivity index (χ4n) is 4.28. The molecule has 1 aliphatic heterocycles. The summed E-state index contributed by atoms with van der Waals surface area (Å²) in [5, 5.41) is 3.71. The standard InChI is InChI=1S/C26H24N4O3/c1-17-7-4-12-27-24(17)29-25(31)18-8-5-13-30(16-18)26(32)20-15-22(23-11-6-14-33-23)28-21-10-3-2-9-19(20)21/h2-4,6-7,9-12,14-15,18H,5,8,13,16H2,1H3,(H,27,29,31). The van der Waals surface area contributed by atoms with E-state index in [4.69, 9.17) is 4.42 Å². The summed E-state index contributed by atoms with van der Waals surface area (Å²) in [7, 11) is 0. The summed E-state index contributed by atoms with van der Waals surface area (Å²) >= 11 is 0. The van der Waals surface area contributed by atoms with Crippen molar-refractivity contribution in [2.75, 3.05) is 18.4 Å². The van der Waals surface area contributed by atoms with Crippen LogP contribution in [0.5, 0.6) is 0 Å². The molecule has 1 unspecified atom stereocenters. The van der Waals surface area contributed by atoms with Gasteiger partial charge >= 0.3 is 0 Å². The van der Waals surface area contributed by atoms with E-state index >= 15 is 0 Å². The number of aromatic nitrogens is 2. The molecule has 1 fully saturated rings. The smallest absolute Gasteiger partial charge is 0.254 e. The van der Waals surface area contributed by atoms with Gasteiger partial charge in [0.2, 0.25) is 5.91 Å². The van der Waals surface area contributed by atoms with Crippen LogP contribution in [0, 0.1) is 12.8 Å². The summed E-state index contributed by atoms with van der Waals surface area (Å²) in [5.41, 5.74) is 2.81. The summed E-state index contributed by atoms with van der Waals surface area (Å²) in [5.74, 6) is 0.672. The van der Waals surface area contributed by atoms with Crippen molar-refractivity contribution >= 4 is 28.5 Å². The van der Waals surface area contributed by atoms with Crippen molar-refractivity contribution in [2.24, 2.45) is 5.92 Å². The van der Waals surface area contributed by atoms with Gasteiger partial charge in [-0.3, -0.25) is 9.59 Å². The number of pyridine rings is 2. The number of furan rings is 1. The first-order valence-electron chi connectivity index (χ1n) is 11.1. The molecule has 1 aliphatic rings. The second-order valence-corrected chi connectivity index (χ2v) is 8.30. The first-order chi connectivity index (χ1) is 16.1. The summed E-state index contributed by atoms with van der Waals surface area (Å²) in [6.07, 6.45) is 4.74. The van der Waals surface area contributed by atoms with Crippen molar-refractivity contribution in [1.29, 1.82) is 0 Å². The molecule has 33 heavy (non-hydrogen) atoms. The Hall–Kier alpha value is -4.00. The molecule has 7 heteroatoms. The van der Waals surface area contributed by atoms with Crippen LogP contribution in [0.1, 0.15) is 28.8 Å². The molecule has 1 saturated heterocycles. The highest BCUT2D eigenvalue weighted by Crippen LogP contribution is 2.28. The quantitative estimate of drug-likeness (QED) is 0.497. The number of anilines is 1. The van der Waals surface area contributed by atoms with Crippen molar-refractivity contribution in [3.8, 4) is 11.5 Å². The van der Waals surface area contributed by atoms with Gasteiger partial charge in [0.25, 0.3) is 5.91 Å². The molecule has 5 rings (SSSR count). The predicted octanol–water partition coefficient (Wildman–Crippen LogP) is 4.69. The van der Waals surface area contributed by atoms with E-state index in [-0.39, 0.29) is 17.7 Å². The molecule has 1 aromatic carbocycles. The number of nitrogens with zero attached hydrogens (tertiary/aromatic N) is 3. The number of amides is 2. The maximum absolute atomic E-state index is 13.6. The Kier molecular flexibility index (Phi) is 5.60. The Morgan fingerprint density at radius 3 is 2.82 bits per heavy atom. The minimum absolute atomic E-state index is 0.104. The molecule has 7 nitrogen and oxygen atoms in total. The summed E-state index contributed by atoms with van der Waals surface area (Å²) in [6.45, 7) is 2.88. The van der Waals surface area contributed by atoms with E-state index in [9.17, 15) is 9.59 Å². The highest BCUT2D eigenvalue weighted by Gasteiger charge is 2.30. The van der Waals surface area contributed by atoms with E-state index in [1.54, 1.807) is 29.5 Å². The molecule has 3 aromatic heterocycles. The van der Waals surface area contributed by atoms with Crippen molar-refractivity contribution < 1.29 is 14.0 Å². The number of carbonyl (C=O) groups is 2. The third kappa shape index (κ3) is 4.22. The minimum Gasteiger partial charge on any atom is -0.463 e. The molecule has 0 spiro atoms. The molecule has 1 atom stereocenters. The van der Waals surface area contributed by atoms with Gasteiger partial charge < -0.3 is 14.6 Å². The zero-order valence-electron chi connectivity index (χ0n) is 18.3. The van der Waals surface area contributed by atoms with E-state index < -0.39 is 0 Å².